The van der Waals surface area contributed by atoms with Crippen molar-refractivity contribution in [2.75, 3.05) is 4.90 Å². The molecule has 2 aromatic heterocycles. The second kappa shape index (κ2) is 14.0. The van der Waals surface area contributed by atoms with Crippen LogP contribution in [0.25, 0.3) is 110 Å². The Morgan fingerprint density at radius 2 is 0.825 bits per heavy atom. The fraction of sp³-hybridized carbons (Fsp3) is 0. The first-order valence-electron chi connectivity index (χ1n) is 22.9. The topological polar surface area (TPSA) is 55.3 Å². The summed E-state index contributed by atoms with van der Waals surface area (Å²) in [5, 5.41) is 9.14. The van der Waals surface area contributed by atoms with Crippen LogP contribution in [0.2, 0.25) is 0 Å². The number of hydrogen-bond acceptors (Lipinski definition) is 5. The fourth-order valence-electron chi connectivity index (χ4n) is 8.81. The van der Waals surface area contributed by atoms with E-state index in [0.29, 0.717) is 45.6 Å². The van der Waals surface area contributed by atoms with Gasteiger partial charge < -0.3 is 13.7 Å². The van der Waals surface area contributed by atoms with Crippen LogP contribution >= 0.6 is 0 Å². The minimum absolute atomic E-state index is 0.0331. The highest BCUT2D eigenvalue weighted by molar-refractivity contribution is 6.09. The van der Waals surface area contributed by atoms with E-state index < -0.39 is 0 Å². The Kier molecular flexibility index (Phi) is 6.97. The molecule has 294 valence electrons. The van der Waals surface area contributed by atoms with Crippen LogP contribution in [0.4, 0.5) is 17.1 Å². The second-order valence-electron chi connectivity index (χ2n) is 15.9. The average molecular weight is 810 g/mol. The monoisotopic (exact) mass is 809 g/mol. The zero-order valence-electron chi connectivity index (χ0n) is 37.6. The number of oxazole rings is 2. The predicted octanol–water partition coefficient (Wildman–Crippen LogP) is 16.2. The third-order valence-corrected chi connectivity index (χ3v) is 12.0. The SMILES string of the molecule is [2H]c1cc(N(c2ccc(-c3nc4cc5ccccc5cc4o3)cc2)c2ccc(-c3nc4cc5ccccc5cc4o3)cc2)c([2H])c2c([2H])cc(-c3ccc4ccc5ccccc5c4c3)c([2H])c12. The number of nitrogens with zero attached hydrogens (tertiary/aromatic N) is 3. The molecule has 0 spiro atoms. The van der Waals surface area contributed by atoms with Gasteiger partial charge in [-0.2, -0.15) is 0 Å². The van der Waals surface area contributed by atoms with Gasteiger partial charge in [0, 0.05) is 28.2 Å². The lowest BCUT2D eigenvalue weighted by Gasteiger charge is -2.26. The minimum atomic E-state index is 0.0331. The number of aromatic nitrogens is 2. The molecule has 0 aliphatic carbocycles. The molecule has 0 saturated carbocycles. The molecule has 0 saturated heterocycles. The van der Waals surface area contributed by atoms with Gasteiger partial charge in [-0.3, -0.25) is 0 Å². The van der Waals surface area contributed by atoms with Crippen LogP contribution in [0.3, 0.4) is 0 Å². The molecule has 13 rings (SSSR count). The van der Waals surface area contributed by atoms with Gasteiger partial charge in [-0.1, -0.05) is 115 Å². The molecule has 11 aromatic carbocycles. The lowest BCUT2D eigenvalue weighted by Crippen LogP contribution is -2.09. The Labute approximate surface area is 367 Å². The maximum absolute atomic E-state index is 9.80. The molecule has 0 N–H and O–H groups in total. The van der Waals surface area contributed by atoms with E-state index in [0.717, 1.165) is 70.8 Å². The summed E-state index contributed by atoms with van der Waals surface area (Å²) >= 11 is 0. The van der Waals surface area contributed by atoms with Gasteiger partial charge in [0.05, 0.1) is 5.48 Å². The average Bonchev–Trinajstić information content (AvgIpc) is 3.98. The summed E-state index contributed by atoms with van der Waals surface area (Å²) in [6, 6.07) is 61.9. The first kappa shape index (κ1) is 31.4. The van der Waals surface area contributed by atoms with E-state index in [1.54, 1.807) is 12.1 Å². The van der Waals surface area contributed by atoms with Crippen molar-refractivity contribution in [3.63, 3.8) is 0 Å². The molecule has 5 nitrogen and oxygen atoms in total. The molecular formula is C58H35N3O2. The van der Waals surface area contributed by atoms with Gasteiger partial charge in [0.1, 0.15) is 11.0 Å². The normalized spacial score (nSPS) is 12.7. The summed E-state index contributed by atoms with van der Waals surface area (Å²) in [7, 11) is 0. The molecule has 13 aromatic rings. The zero-order valence-corrected chi connectivity index (χ0v) is 33.6. The van der Waals surface area contributed by atoms with Gasteiger partial charge >= 0.3 is 0 Å². The molecule has 2 heterocycles. The number of benzene rings is 11. The van der Waals surface area contributed by atoms with Gasteiger partial charge in [-0.15, -0.1) is 0 Å². The van der Waals surface area contributed by atoms with Crippen LogP contribution in [0, 0.1) is 0 Å². The standard InChI is InChI=1S/C58H35N3O2/c1-3-10-42-34-55-53(32-40(42)8-1)59-57(62-55)38-19-24-48(25-20-38)61(49-26-21-39(22-27-49)58-60-54-33-41-9-2-4-11-43(41)35-56(54)63-58)50-28-23-45-29-44(17-18-46(45)30-50)47-16-15-37-14-13-36-7-5-6-12-51(36)52(37)31-47/h1-35H/i18D,23D,29D,30D. The van der Waals surface area contributed by atoms with Crippen molar-refractivity contribution in [1.82, 2.24) is 9.97 Å². The van der Waals surface area contributed by atoms with E-state index in [1.807, 2.05) is 126 Å². The summed E-state index contributed by atoms with van der Waals surface area (Å²) in [5.74, 6) is 0.966. The van der Waals surface area contributed by atoms with Crippen molar-refractivity contribution < 1.29 is 14.3 Å². The van der Waals surface area contributed by atoms with E-state index in [1.165, 1.54) is 0 Å². The third kappa shape index (κ3) is 6.09. The Hall–Kier alpha value is -8.54. The van der Waals surface area contributed by atoms with Gasteiger partial charge in [0.15, 0.2) is 11.2 Å². The molecule has 0 bridgehead atoms. The summed E-state index contributed by atoms with van der Waals surface area (Å²) in [6.45, 7) is 0. The highest BCUT2D eigenvalue weighted by Crippen LogP contribution is 2.40. The van der Waals surface area contributed by atoms with Crippen molar-refractivity contribution in [3.05, 3.63) is 212 Å². The number of fused-ring (bicyclic) bond motifs is 8. The van der Waals surface area contributed by atoms with E-state index in [2.05, 4.69) is 54.6 Å². The van der Waals surface area contributed by atoms with Crippen LogP contribution in [0.1, 0.15) is 5.48 Å². The Balaban J connectivity index is 0.935. The van der Waals surface area contributed by atoms with Gasteiger partial charge in [0.2, 0.25) is 11.8 Å². The van der Waals surface area contributed by atoms with Gasteiger partial charge in [-0.25, -0.2) is 9.97 Å². The van der Waals surface area contributed by atoms with Crippen molar-refractivity contribution in [2.45, 2.75) is 0 Å². The summed E-state index contributed by atoms with van der Waals surface area (Å²) in [5.41, 5.74) is 7.58. The molecule has 0 aliphatic heterocycles. The summed E-state index contributed by atoms with van der Waals surface area (Å²) < 4.78 is 50.8. The summed E-state index contributed by atoms with van der Waals surface area (Å²) in [4.78, 5) is 11.6. The van der Waals surface area contributed by atoms with Crippen molar-refractivity contribution >= 4 is 93.1 Å². The second-order valence-corrected chi connectivity index (χ2v) is 15.9. The van der Waals surface area contributed by atoms with E-state index in [-0.39, 0.29) is 34.9 Å². The Bertz CT molecular complexity index is 3900. The first-order valence-corrected chi connectivity index (χ1v) is 20.9. The largest absolute Gasteiger partial charge is 0.436 e. The first-order chi connectivity index (χ1) is 32.8. The molecule has 0 aliphatic rings. The van der Waals surface area contributed by atoms with Crippen molar-refractivity contribution in [2.24, 2.45) is 0 Å². The highest BCUT2D eigenvalue weighted by atomic mass is 16.4. The highest BCUT2D eigenvalue weighted by Gasteiger charge is 2.17. The quantitative estimate of drug-likeness (QED) is 0.157. The molecular weight excluding hydrogens is 771 g/mol. The molecule has 63 heavy (non-hydrogen) atoms. The van der Waals surface area contributed by atoms with Gasteiger partial charge in [-0.05, 0) is 162 Å². The molecule has 0 atom stereocenters. The number of hydrogen-bond donors (Lipinski definition) is 0. The van der Waals surface area contributed by atoms with E-state index in [4.69, 9.17) is 18.8 Å². The molecule has 0 radical (unpaired) electrons. The van der Waals surface area contributed by atoms with Crippen molar-refractivity contribution in [1.29, 1.82) is 0 Å². The third-order valence-electron chi connectivity index (χ3n) is 12.0. The lowest BCUT2D eigenvalue weighted by molar-refractivity contribution is 0.620. The Morgan fingerprint density at radius 1 is 0.349 bits per heavy atom. The molecule has 0 fully saturated rings. The molecule has 5 heteroatoms. The zero-order chi connectivity index (χ0) is 44.9. The van der Waals surface area contributed by atoms with E-state index >= 15 is 0 Å². The smallest absolute Gasteiger partial charge is 0.227 e. The van der Waals surface area contributed by atoms with Gasteiger partial charge in [0.25, 0.3) is 0 Å². The lowest BCUT2D eigenvalue weighted by atomic mass is 9.96. The van der Waals surface area contributed by atoms with Crippen LogP contribution in [0.15, 0.2) is 221 Å². The maximum atomic E-state index is 9.80. The summed E-state index contributed by atoms with van der Waals surface area (Å²) in [6.07, 6.45) is 0. The van der Waals surface area contributed by atoms with Crippen molar-refractivity contribution in [3.8, 4) is 34.0 Å². The predicted molar refractivity (Wildman–Crippen MR) is 260 cm³/mol. The van der Waals surface area contributed by atoms with Crippen LogP contribution in [-0.2, 0) is 0 Å². The Morgan fingerprint density at radius 3 is 1.43 bits per heavy atom. The van der Waals surface area contributed by atoms with Crippen LogP contribution in [0.5, 0.6) is 0 Å². The molecule has 0 unspecified atom stereocenters. The fourth-order valence-corrected chi connectivity index (χ4v) is 8.81. The van der Waals surface area contributed by atoms with E-state index in [9.17, 15) is 5.48 Å². The number of rotatable bonds is 6. The van der Waals surface area contributed by atoms with Crippen LogP contribution in [-0.4, -0.2) is 9.97 Å². The minimum Gasteiger partial charge on any atom is -0.436 e. The number of anilines is 3. The van der Waals surface area contributed by atoms with Crippen LogP contribution < -0.4 is 4.90 Å². The molecule has 0 amide bonds. The maximum Gasteiger partial charge on any atom is 0.227 e.